The number of carbonyl (C=O) groups is 1. The molecular weight excluding hydrogens is 266 g/mol. The van der Waals surface area contributed by atoms with Crippen molar-refractivity contribution >= 4 is 11.7 Å². The highest BCUT2D eigenvalue weighted by Crippen LogP contribution is 2.26. The Balaban J connectivity index is 1.92. The van der Waals surface area contributed by atoms with Crippen LogP contribution in [0.4, 0.5) is 0 Å². The van der Waals surface area contributed by atoms with E-state index in [2.05, 4.69) is 17.4 Å². The molecule has 4 N–H and O–H groups in total. The van der Waals surface area contributed by atoms with Crippen molar-refractivity contribution in [3.63, 3.8) is 0 Å². The molecule has 1 aliphatic rings. The molecule has 0 bridgehead atoms. The number of nitrogens with zero attached hydrogens (tertiary/aromatic N) is 1. The quantitative estimate of drug-likeness (QED) is 0.344. The van der Waals surface area contributed by atoms with Gasteiger partial charge in [0, 0.05) is 17.2 Å². The number of rotatable bonds is 4. The molecule has 0 spiro atoms. The van der Waals surface area contributed by atoms with Crippen LogP contribution < -0.4 is 11.1 Å². The summed E-state index contributed by atoms with van der Waals surface area (Å²) in [5.74, 6) is 0.805. The summed E-state index contributed by atoms with van der Waals surface area (Å²) in [5.41, 5.74) is 6.69. The molecule has 5 heteroatoms. The lowest BCUT2D eigenvalue weighted by molar-refractivity contribution is 0.0921. The van der Waals surface area contributed by atoms with E-state index in [1.54, 1.807) is 24.3 Å². The summed E-state index contributed by atoms with van der Waals surface area (Å²) in [6, 6.07) is 7.03. The van der Waals surface area contributed by atoms with E-state index in [0.717, 1.165) is 18.8 Å². The molecule has 0 saturated heterocycles. The van der Waals surface area contributed by atoms with Crippen molar-refractivity contribution in [1.29, 1.82) is 0 Å². The van der Waals surface area contributed by atoms with E-state index >= 15 is 0 Å². The Bertz CT molecular complexity index is 503. The van der Waals surface area contributed by atoms with Crippen molar-refractivity contribution in [3.8, 4) is 0 Å². The van der Waals surface area contributed by atoms with Crippen LogP contribution in [0.3, 0.4) is 0 Å². The number of hydrogen-bond donors (Lipinski definition) is 3. The molecule has 0 unspecified atom stereocenters. The third-order valence-electron chi connectivity index (χ3n) is 4.31. The second kappa shape index (κ2) is 7.11. The molecule has 21 heavy (non-hydrogen) atoms. The molecule has 1 aliphatic carbocycles. The van der Waals surface area contributed by atoms with Crippen molar-refractivity contribution in [1.82, 2.24) is 5.32 Å². The zero-order chi connectivity index (χ0) is 15.2. The van der Waals surface area contributed by atoms with E-state index in [1.807, 2.05) is 0 Å². The maximum Gasteiger partial charge on any atom is 0.251 e. The minimum absolute atomic E-state index is 0.0415. The van der Waals surface area contributed by atoms with E-state index < -0.39 is 0 Å². The van der Waals surface area contributed by atoms with Gasteiger partial charge in [-0.05, 0) is 43.7 Å². The van der Waals surface area contributed by atoms with Crippen molar-refractivity contribution in [2.24, 2.45) is 16.8 Å². The maximum absolute atomic E-state index is 12.2. The summed E-state index contributed by atoms with van der Waals surface area (Å²) in [6.45, 7) is 2.23. The molecule has 114 valence electrons. The van der Waals surface area contributed by atoms with E-state index in [9.17, 15) is 4.79 Å². The van der Waals surface area contributed by atoms with Crippen LogP contribution in [0.5, 0.6) is 0 Å². The van der Waals surface area contributed by atoms with Crippen LogP contribution in [0.15, 0.2) is 29.4 Å². The van der Waals surface area contributed by atoms with Crippen LogP contribution in [0.1, 0.15) is 54.9 Å². The van der Waals surface area contributed by atoms with Gasteiger partial charge in [0.05, 0.1) is 0 Å². The lowest BCUT2D eigenvalue weighted by Gasteiger charge is -2.28. The number of oxime groups is 1. The molecule has 1 aromatic rings. The monoisotopic (exact) mass is 289 g/mol. The van der Waals surface area contributed by atoms with Crippen LogP contribution in [-0.4, -0.2) is 23.0 Å². The van der Waals surface area contributed by atoms with Crippen molar-refractivity contribution in [3.05, 3.63) is 35.4 Å². The number of amides is 1. The first-order valence-corrected chi connectivity index (χ1v) is 7.52. The Morgan fingerprint density at radius 3 is 2.33 bits per heavy atom. The molecule has 1 saturated carbocycles. The fourth-order valence-corrected chi connectivity index (χ4v) is 2.83. The highest BCUT2D eigenvalue weighted by Gasteiger charge is 2.21. The second-order valence-electron chi connectivity index (χ2n) is 5.66. The summed E-state index contributed by atoms with van der Waals surface area (Å²) in [5, 5.41) is 14.6. The van der Waals surface area contributed by atoms with Crippen LogP contribution in [0.25, 0.3) is 0 Å². The SMILES string of the molecule is CCC1CCC(NC(=O)c2ccc(C(N)=NO)cc2)CC1. The first-order chi connectivity index (χ1) is 10.1. The largest absolute Gasteiger partial charge is 0.409 e. The zero-order valence-corrected chi connectivity index (χ0v) is 12.4. The minimum Gasteiger partial charge on any atom is -0.409 e. The molecule has 0 atom stereocenters. The second-order valence-corrected chi connectivity index (χ2v) is 5.66. The number of nitrogens with two attached hydrogens (primary N) is 1. The van der Waals surface area contributed by atoms with E-state index in [4.69, 9.17) is 10.9 Å². The Hall–Kier alpha value is -2.04. The molecule has 0 heterocycles. The number of benzene rings is 1. The van der Waals surface area contributed by atoms with Gasteiger partial charge in [0.25, 0.3) is 5.91 Å². The molecular formula is C16H23N3O2. The van der Waals surface area contributed by atoms with Gasteiger partial charge in [-0.2, -0.15) is 0 Å². The predicted molar refractivity (Wildman–Crippen MR) is 82.5 cm³/mol. The standard InChI is InChI=1S/C16H23N3O2/c1-2-11-3-9-14(10-4-11)18-16(20)13-7-5-12(6-8-13)15(17)19-21/h5-8,11,14,21H,2-4,9-10H2,1H3,(H2,17,19)(H,18,20). The van der Waals surface area contributed by atoms with Gasteiger partial charge >= 0.3 is 0 Å². The molecule has 1 aromatic carbocycles. The summed E-state index contributed by atoms with van der Waals surface area (Å²) >= 11 is 0. The first-order valence-electron chi connectivity index (χ1n) is 7.52. The summed E-state index contributed by atoms with van der Waals surface area (Å²) < 4.78 is 0. The normalized spacial score (nSPS) is 22.8. The number of carbonyl (C=O) groups excluding carboxylic acids is 1. The van der Waals surface area contributed by atoms with Gasteiger partial charge in [0.1, 0.15) is 0 Å². The van der Waals surface area contributed by atoms with Crippen LogP contribution in [-0.2, 0) is 0 Å². The van der Waals surface area contributed by atoms with Crippen LogP contribution in [0, 0.1) is 5.92 Å². The van der Waals surface area contributed by atoms with Gasteiger partial charge in [-0.25, -0.2) is 0 Å². The molecule has 1 amide bonds. The van der Waals surface area contributed by atoms with Gasteiger partial charge in [-0.3, -0.25) is 4.79 Å². The number of nitrogens with one attached hydrogen (secondary N) is 1. The first kappa shape index (κ1) is 15.4. The highest BCUT2D eigenvalue weighted by atomic mass is 16.4. The lowest BCUT2D eigenvalue weighted by atomic mass is 9.84. The fourth-order valence-electron chi connectivity index (χ4n) is 2.83. The van der Waals surface area contributed by atoms with Crippen LogP contribution in [0.2, 0.25) is 0 Å². The average Bonchev–Trinajstić information content (AvgIpc) is 2.55. The Morgan fingerprint density at radius 2 is 1.81 bits per heavy atom. The Morgan fingerprint density at radius 1 is 1.24 bits per heavy atom. The number of hydrogen-bond acceptors (Lipinski definition) is 3. The van der Waals surface area contributed by atoms with E-state index in [1.165, 1.54) is 19.3 Å². The molecule has 0 aliphatic heterocycles. The predicted octanol–water partition coefficient (Wildman–Crippen LogP) is 2.48. The summed E-state index contributed by atoms with van der Waals surface area (Å²) in [4.78, 5) is 12.2. The maximum atomic E-state index is 12.2. The Labute approximate surface area is 125 Å². The Kier molecular flexibility index (Phi) is 5.20. The third kappa shape index (κ3) is 3.97. The molecule has 1 fully saturated rings. The van der Waals surface area contributed by atoms with Gasteiger partial charge in [0.15, 0.2) is 5.84 Å². The topological polar surface area (TPSA) is 87.7 Å². The molecule has 0 aromatic heterocycles. The zero-order valence-electron chi connectivity index (χ0n) is 12.4. The van der Waals surface area contributed by atoms with Crippen molar-refractivity contribution < 1.29 is 10.0 Å². The number of amidine groups is 1. The van der Waals surface area contributed by atoms with Gasteiger partial charge < -0.3 is 16.3 Å². The van der Waals surface area contributed by atoms with Gasteiger partial charge in [0.2, 0.25) is 0 Å². The smallest absolute Gasteiger partial charge is 0.251 e. The molecule has 0 radical (unpaired) electrons. The summed E-state index contributed by atoms with van der Waals surface area (Å²) in [7, 11) is 0. The highest BCUT2D eigenvalue weighted by molar-refractivity contribution is 5.99. The average molecular weight is 289 g/mol. The minimum atomic E-state index is -0.0546. The van der Waals surface area contributed by atoms with E-state index in [0.29, 0.717) is 11.1 Å². The molecule has 2 rings (SSSR count). The van der Waals surface area contributed by atoms with Crippen molar-refractivity contribution in [2.75, 3.05) is 0 Å². The van der Waals surface area contributed by atoms with Gasteiger partial charge in [-0.15, -0.1) is 0 Å². The van der Waals surface area contributed by atoms with E-state index in [-0.39, 0.29) is 17.8 Å². The summed E-state index contributed by atoms with van der Waals surface area (Å²) in [6.07, 6.45) is 5.75. The lowest BCUT2D eigenvalue weighted by Crippen LogP contribution is -2.37. The fraction of sp³-hybridized carbons (Fsp3) is 0.500. The van der Waals surface area contributed by atoms with Crippen LogP contribution >= 0.6 is 0 Å². The van der Waals surface area contributed by atoms with Crippen molar-refractivity contribution in [2.45, 2.75) is 45.1 Å². The molecule has 5 nitrogen and oxygen atoms in total. The third-order valence-corrected chi connectivity index (χ3v) is 4.31. The van der Waals surface area contributed by atoms with Gasteiger partial charge in [-0.1, -0.05) is 30.6 Å².